The summed E-state index contributed by atoms with van der Waals surface area (Å²) >= 11 is 7.36. The molecule has 4 rings (SSSR count). The lowest BCUT2D eigenvalue weighted by atomic mass is 10.0. The van der Waals surface area contributed by atoms with Gasteiger partial charge in [-0.1, -0.05) is 73.2 Å². The first kappa shape index (κ1) is 16.9. The largest absolute Gasteiger partial charge is 0.291 e. The molecule has 2 aromatic heterocycles. The van der Waals surface area contributed by atoms with Crippen LogP contribution in [0.25, 0.3) is 22.4 Å². The highest BCUT2D eigenvalue weighted by Gasteiger charge is 2.12. The van der Waals surface area contributed by atoms with Crippen LogP contribution in [0.1, 0.15) is 30.9 Å². The first-order valence-electron chi connectivity index (χ1n) is 8.28. The van der Waals surface area contributed by atoms with Gasteiger partial charge < -0.3 is 0 Å². The van der Waals surface area contributed by atoms with Crippen LogP contribution in [0.3, 0.4) is 0 Å². The van der Waals surface area contributed by atoms with Gasteiger partial charge >= 0.3 is 0 Å². The third-order valence-electron chi connectivity index (χ3n) is 4.17. The molecular weight excluding hydrogens is 366 g/mol. The van der Waals surface area contributed by atoms with Crippen LogP contribution in [0.2, 0.25) is 5.02 Å². The number of hydrogen-bond donors (Lipinski definition) is 0. The number of benzene rings is 2. The van der Waals surface area contributed by atoms with E-state index in [-0.39, 0.29) is 5.56 Å². The first-order valence-corrected chi connectivity index (χ1v) is 9.48. The second-order valence-corrected chi connectivity index (χ2v) is 7.82. The van der Waals surface area contributed by atoms with Crippen molar-refractivity contribution in [3.05, 3.63) is 79.6 Å². The predicted molar refractivity (Wildman–Crippen MR) is 107 cm³/mol. The van der Waals surface area contributed by atoms with Gasteiger partial charge in [-0.15, -0.1) is 5.10 Å². The zero-order chi connectivity index (χ0) is 18.3. The highest BCUT2D eigenvalue weighted by molar-refractivity contribution is 7.15. The summed E-state index contributed by atoms with van der Waals surface area (Å²) in [5, 5.41) is 4.96. The molecule has 2 heterocycles. The van der Waals surface area contributed by atoms with Crippen LogP contribution in [-0.2, 0) is 0 Å². The average molecular weight is 382 g/mol. The van der Waals surface area contributed by atoms with Crippen LogP contribution >= 0.6 is 22.9 Å². The van der Waals surface area contributed by atoms with E-state index in [1.165, 1.54) is 21.4 Å². The molecule has 6 heteroatoms. The Kier molecular flexibility index (Phi) is 4.34. The van der Waals surface area contributed by atoms with Crippen LogP contribution in [0.4, 0.5) is 0 Å². The van der Waals surface area contributed by atoms with Crippen molar-refractivity contribution in [3.63, 3.8) is 0 Å². The van der Waals surface area contributed by atoms with Gasteiger partial charge in [-0.25, -0.2) is 0 Å². The van der Waals surface area contributed by atoms with Crippen molar-refractivity contribution < 1.29 is 0 Å². The van der Waals surface area contributed by atoms with Crippen LogP contribution in [0.15, 0.2) is 53.3 Å². The Labute approximate surface area is 159 Å². The summed E-state index contributed by atoms with van der Waals surface area (Å²) in [6, 6.07) is 15.5. The van der Waals surface area contributed by atoms with E-state index in [4.69, 9.17) is 11.6 Å². The molecule has 0 bridgehead atoms. The molecule has 0 aliphatic rings. The van der Waals surface area contributed by atoms with Gasteiger partial charge in [0.05, 0.1) is 4.53 Å². The van der Waals surface area contributed by atoms with Crippen molar-refractivity contribution in [3.8, 4) is 11.4 Å². The maximum absolute atomic E-state index is 12.6. The number of aromatic nitrogens is 3. The lowest BCUT2D eigenvalue weighted by Crippen LogP contribution is -2.23. The number of fused-ring (bicyclic) bond motifs is 1. The molecule has 0 amide bonds. The standard InChI is InChI=1S/C20H16ClN3OS/c1-12(2)14-8-6-13(7-9-14)10-17-19(25)24-20(26-17)22-18(23-24)15-4-3-5-16(21)11-15/h3-12H,1-2H3/b17-10+. The van der Waals surface area contributed by atoms with Gasteiger partial charge in [0, 0.05) is 10.6 Å². The summed E-state index contributed by atoms with van der Waals surface area (Å²) in [7, 11) is 0. The molecule has 130 valence electrons. The summed E-state index contributed by atoms with van der Waals surface area (Å²) in [6.07, 6.45) is 1.88. The number of hydrogen-bond acceptors (Lipinski definition) is 4. The SMILES string of the molecule is CC(C)c1ccc(/C=c2/sc3nc(-c4cccc(Cl)c4)nn3c2=O)cc1. The quantitative estimate of drug-likeness (QED) is 0.535. The zero-order valence-electron chi connectivity index (χ0n) is 14.3. The summed E-state index contributed by atoms with van der Waals surface area (Å²) in [6.45, 7) is 4.32. The third-order valence-corrected chi connectivity index (χ3v) is 5.36. The molecule has 0 atom stereocenters. The second-order valence-electron chi connectivity index (χ2n) is 6.38. The van der Waals surface area contributed by atoms with E-state index in [9.17, 15) is 4.79 Å². The molecule has 0 saturated carbocycles. The number of thiazole rings is 1. The highest BCUT2D eigenvalue weighted by atomic mass is 35.5. The van der Waals surface area contributed by atoms with Crippen molar-refractivity contribution in [2.75, 3.05) is 0 Å². The molecule has 0 N–H and O–H groups in total. The number of rotatable bonds is 3. The minimum Gasteiger partial charge on any atom is -0.266 e. The van der Waals surface area contributed by atoms with Crippen molar-refractivity contribution >= 4 is 34.0 Å². The summed E-state index contributed by atoms with van der Waals surface area (Å²) in [5.41, 5.74) is 2.91. The Balaban J connectivity index is 1.75. The molecule has 26 heavy (non-hydrogen) atoms. The Morgan fingerprint density at radius 3 is 2.58 bits per heavy atom. The normalized spacial score (nSPS) is 12.4. The first-order chi connectivity index (χ1) is 12.5. The maximum Gasteiger partial charge on any atom is 0.291 e. The zero-order valence-corrected chi connectivity index (χ0v) is 15.9. The number of halogens is 1. The smallest absolute Gasteiger partial charge is 0.266 e. The van der Waals surface area contributed by atoms with Crippen LogP contribution < -0.4 is 10.1 Å². The van der Waals surface area contributed by atoms with Crippen LogP contribution in [-0.4, -0.2) is 14.6 Å². The van der Waals surface area contributed by atoms with E-state index in [0.29, 0.717) is 26.3 Å². The van der Waals surface area contributed by atoms with E-state index in [0.717, 1.165) is 11.1 Å². The topological polar surface area (TPSA) is 47.3 Å². The Hall–Kier alpha value is -2.50. The van der Waals surface area contributed by atoms with Gasteiger partial charge in [0.25, 0.3) is 5.56 Å². The second kappa shape index (κ2) is 6.67. The lowest BCUT2D eigenvalue weighted by Gasteiger charge is -2.04. The van der Waals surface area contributed by atoms with E-state index >= 15 is 0 Å². The van der Waals surface area contributed by atoms with Crippen LogP contribution in [0.5, 0.6) is 0 Å². The van der Waals surface area contributed by atoms with Crippen molar-refractivity contribution in [1.29, 1.82) is 0 Å². The van der Waals surface area contributed by atoms with Crippen LogP contribution in [0, 0.1) is 0 Å². The molecule has 0 saturated heterocycles. The molecule has 0 aliphatic heterocycles. The molecule has 4 aromatic rings. The van der Waals surface area contributed by atoms with Gasteiger partial charge in [-0.2, -0.15) is 9.50 Å². The molecule has 2 aromatic carbocycles. The number of nitrogens with zero attached hydrogens (tertiary/aromatic N) is 3. The molecule has 0 unspecified atom stereocenters. The van der Waals surface area contributed by atoms with E-state index in [1.807, 2.05) is 30.3 Å². The van der Waals surface area contributed by atoms with Crippen molar-refractivity contribution in [1.82, 2.24) is 14.6 Å². The fraction of sp³-hybridized carbons (Fsp3) is 0.150. The fourth-order valence-electron chi connectivity index (χ4n) is 2.71. The van der Waals surface area contributed by atoms with Gasteiger partial charge in [-0.05, 0) is 35.3 Å². The summed E-state index contributed by atoms with van der Waals surface area (Å²) in [5.74, 6) is 0.988. The van der Waals surface area contributed by atoms with E-state index in [2.05, 4.69) is 36.1 Å². The molecule has 0 fully saturated rings. The minimum absolute atomic E-state index is 0.154. The Morgan fingerprint density at radius 1 is 1.15 bits per heavy atom. The van der Waals surface area contributed by atoms with Gasteiger partial charge in [0.2, 0.25) is 4.96 Å². The predicted octanol–water partition coefficient (Wildman–Crippen LogP) is 4.14. The third kappa shape index (κ3) is 3.16. The molecule has 4 nitrogen and oxygen atoms in total. The summed E-state index contributed by atoms with van der Waals surface area (Å²) < 4.78 is 1.98. The molecule has 0 spiro atoms. The van der Waals surface area contributed by atoms with Crippen molar-refractivity contribution in [2.45, 2.75) is 19.8 Å². The lowest BCUT2D eigenvalue weighted by molar-refractivity contribution is 0.866. The van der Waals surface area contributed by atoms with Gasteiger partial charge in [0.15, 0.2) is 5.82 Å². The Morgan fingerprint density at radius 2 is 1.92 bits per heavy atom. The molecule has 0 radical (unpaired) electrons. The minimum atomic E-state index is -0.154. The highest BCUT2D eigenvalue weighted by Crippen LogP contribution is 2.20. The monoisotopic (exact) mass is 381 g/mol. The average Bonchev–Trinajstić information content (AvgIpc) is 3.16. The van der Waals surface area contributed by atoms with Gasteiger partial charge in [-0.3, -0.25) is 4.79 Å². The Bertz CT molecular complexity index is 1190. The van der Waals surface area contributed by atoms with Crippen molar-refractivity contribution in [2.24, 2.45) is 0 Å². The molecular formula is C20H16ClN3OS. The van der Waals surface area contributed by atoms with E-state index < -0.39 is 0 Å². The summed E-state index contributed by atoms with van der Waals surface area (Å²) in [4.78, 5) is 17.7. The van der Waals surface area contributed by atoms with E-state index in [1.54, 1.807) is 12.1 Å². The maximum atomic E-state index is 12.6. The van der Waals surface area contributed by atoms with Gasteiger partial charge in [0.1, 0.15) is 0 Å². The molecule has 0 aliphatic carbocycles. The fourth-order valence-corrected chi connectivity index (χ4v) is 3.81.